The second-order valence-corrected chi connectivity index (χ2v) is 8.49. The quantitative estimate of drug-likeness (QED) is 0.278. The molecule has 0 spiro atoms. The maximum absolute atomic E-state index is 13.5. The summed E-state index contributed by atoms with van der Waals surface area (Å²) in [5.74, 6) is -0.456. The Labute approximate surface area is 190 Å². The predicted molar refractivity (Wildman–Crippen MR) is 123 cm³/mol. The van der Waals surface area contributed by atoms with Crippen LogP contribution in [0.25, 0.3) is 11.0 Å². The molecule has 1 aliphatic rings. The summed E-state index contributed by atoms with van der Waals surface area (Å²) < 4.78 is 6.63. The molecule has 158 valence electrons. The smallest absolute Gasteiger partial charge is 0.295 e. The number of rotatable bonds is 3. The molecule has 1 unspecified atom stereocenters. The molecule has 0 aliphatic carbocycles. The van der Waals surface area contributed by atoms with Gasteiger partial charge in [-0.15, -0.1) is 0 Å². The topological polar surface area (TPSA) is 93.7 Å². The van der Waals surface area contributed by atoms with E-state index in [1.807, 2.05) is 19.1 Å². The van der Waals surface area contributed by atoms with E-state index in [4.69, 9.17) is 4.42 Å². The third-order valence-electron chi connectivity index (χ3n) is 5.56. The summed E-state index contributed by atoms with van der Waals surface area (Å²) in [6, 6.07) is 17.5. The molecular weight excluding hydrogens is 476 g/mol. The highest BCUT2D eigenvalue weighted by molar-refractivity contribution is 9.10. The van der Waals surface area contributed by atoms with E-state index in [0.29, 0.717) is 26.7 Å². The first kappa shape index (κ1) is 20.1. The van der Waals surface area contributed by atoms with Gasteiger partial charge in [-0.3, -0.25) is 24.6 Å². The Balaban J connectivity index is 1.78. The second-order valence-electron chi connectivity index (χ2n) is 7.58. The van der Waals surface area contributed by atoms with Crippen molar-refractivity contribution in [1.82, 2.24) is 0 Å². The van der Waals surface area contributed by atoms with Gasteiger partial charge in [-0.2, -0.15) is 0 Å². The lowest BCUT2D eigenvalue weighted by Gasteiger charge is -2.25. The zero-order valence-corrected chi connectivity index (χ0v) is 18.3. The fraction of sp³-hybridized carbons (Fsp3) is 0.0833. The van der Waals surface area contributed by atoms with Crippen molar-refractivity contribution in [2.45, 2.75) is 13.0 Å². The van der Waals surface area contributed by atoms with Gasteiger partial charge in [-0.1, -0.05) is 33.6 Å². The van der Waals surface area contributed by atoms with E-state index < -0.39 is 16.9 Å². The van der Waals surface area contributed by atoms with Crippen molar-refractivity contribution in [2.24, 2.45) is 0 Å². The molecule has 5 rings (SSSR count). The number of anilines is 1. The summed E-state index contributed by atoms with van der Waals surface area (Å²) in [6.07, 6.45) is 0. The fourth-order valence-electron chi connectivity index (χ4n) is 4.01. The number of nitro benzene ring substituents is 1. The minimum atomic E-state index is -0.777. The molecule has 0 bridgehead atoms. The van der Waals surface area contributed by atoms with Crippen LogP contribution in [0.3, 0.4) is 0 Å². The highest BCUT2D eigenvalue weighted by atomic mass is 79.9. The van der Waals surface area contributed by atoms with Crippen molar-refractivity contribution in [3.05, 3.63) is 114 Å². The summed E-state index contributed by atoms with van der Waals surface area (Å²) in [4.78, 5) is 39.1. The van der Waals surface area contributed by atoms with Crippen LogP contribution in [0.5, 0.6) is 0 Å². The Bertz CT molecular complexity index is 1460. The van der Waals surface area contributed by atoms with Gasteiger partial charge in [0, 0.05) is 22.3 Å². The Hall–Kier alpha value is -3.78. The number of halogens is 1. The largest absolute Gasteiger partial charge is 0.450 e. The molecule has 0 N–H and O–H groups in total. The molecular formula is C24H15BrN2O5. The van der Waals surface area contributed by atoms with Gasteiger partial charge in [0.2, 0.25) is 5.76 Å². The minimum absolute atomic E-state index is 0.0197. The number of nitro groups is 1. The number of non-ortho nitro benzene ring substituents is 1. The van der Waals surface area contributed by atoms with Crippen molar-refractivity contribution in [1.29, 1.82) is 0 Å². The van der Waals surface area contributed by atoms with Gasteiger partial charge in [0.25, 0.3) is 11.6 Å². The number of aryl methyl sites for hydroxylation is 1. The Kier molecular flexibility index (Phi) is 4.67. The minimum Gasteiger partial charge on any atom is -0.450 e. The van der Waals surface area contributed by atoms with Crippen LogP contribution in [-0.2, 0) is 0 Å². The highest BCUT2D eigenvalue weighted by Crippen LogP contribution is 2.41. The number of fused-ring (bicyclic) bond motifs is 2. The summed E-state index contributed by atoms with van der Waals surface area (Å²) >= 11 is 3.37. The van der Waals surface area contributed by atoms with Gasteiger partial charge in [0.05, 0.1) is 21.9 Å². The molecule has 0 saturated carbocycles. The van der Waals surface area contributed by atoms with Crippen molar-refractivity contribution in [2.75, 3.05) is 4.90 Å². The zero-order valence-electron chi connectivity index (χ0n) is 16.7. The Morgan fingerprint density at radius 2 is 1.69 bits per heavy atom. The van der Waals surface area contributed by atoms with E-state index in [1.165, 1.54) is 17.0 Å². The lowest BCUT2D eigenvalue weighted by atomic mass is 9.98. The highest BCUT2D eigenvalue weighted by Gasteiger charge is 2.43. The molecule has 0 fully saturated rings. The van der Waals surface area contributed by atoms with Crippen molar-refractivity contribution in [3.63, 3.8) is 0 Å². The molecule has 3 aromatic carbocycles. The molecule has 0 radical (unpaired) electrons. The number of amides is 1. The van der Waals surface area contributed by atoms with E-state index in [-0.39, 0.29) is 22.4 Å². The summed E-state index contributed by atoms with van der Waals surface area (Å²) in [5.41, 5.74) is 2.34. The molecule has 7 nitrogen and oxygen atoms in total. The lowest BCUT2D eigenvalue weighted by molar-refractivity contribution is -0.384. The van der Waals surface area contributed by atoms with E-state index in [9.17, 15) is 19.7 Å². The number of benzene rings is 3. The third-order valence-corrected chi connectivity index (χ3v) is 6.06. The van der Waals surface area contributed by atoms with Gasteiger partial charge in [0.1, 0.15) is 5.58 Å². The molecule has 2 heterocycles. The van der Waals surface area contributed by atoms with Crippen LogP contribution in [0.4, 0.5) is 11.4 Å². The molecule has 0 saturated heterocycles. The van der Waals surface area contributed by atoms with Crippen molar-refractivity contribution >= 4 is 44.2 Å². The van der Waals surface area contributed by atoms with Crippen LogP contribution in [0, 0.1) is 17.0 Å². The van der Waals surface area contributed by atoms with E-state index in [1.54, 1.807) is 42.5 Å². The van der Waals surface area contributed by atoms with Crippen LogP contribution in [0.2, 0.25) is 0 Å². The maximum Gasteiger partial charge on any atom is 0.295 e. The zero-order chi connectivity index (χ0) is 22.6. The van der Waals surface area contributed by atoms with Gasteiger partial charge in [-0.05, 0) is 55.0 Å². The average molecular weight is 491 g/mol. The van der Waals surface area contributed by atoms with Crippen molar-refractivity contribution < 1.29 is 14.1 Å². The van der Waals surface area contributed by atoms with Crippen LogP contribution in [0.1, 0.15) is 33.3 Å². The SMILES string of the molecule is Cc1ccc(N2C(=O)c3oc4ccc(Br)cc4c(=O)c3C2c2ccc([N+](=O)[O-])cc2)cc1. The first-order chi connectivity index (χ1) is 15.3. The molecule has 1 amide bonds. The normalized spacial score (nSPS) is 15.2. The standard InChI is InChI=1S/C24H15BrN2O5/c1-13-2-7-16(8-3-13)26-21(14-4-9-17(10-5-14)27(30)31)20-22(28)18-12-15(25)6-11-19(18)32-23(20)24(26)29/h2-12,21H,1H3. The molecule has 1 atom stereocenters. The first-order valence-corrected chi connectivity index (χ1v) is 10.6. The molecule has 1 aliphatic heterocycles. The third kappa shape index (κ3) is 3.11. The number of hydrogen-bond donors (Lipinski definition) is 0. The van der Waals surface area contributed by atoms with Gasteiger partial charge in [-0.25, -0.2) is 0 Å². The van der Waals surface area contributed by atoms with Crippen LogP contribution >= 0.6 is 15.9 Å². The van der Waals surface area contributed by atoms with E-state index in [2.05, 4.69) is 15.9 Å². The van der Waals surface area contributed by atoms with Gasteiger partial charge >= 0.3 is 0 Å². The number of nitrogens with zero attached hydrogens (tertiary/aromatic N) is 2. The monoisotopic (exact) mass is 490 g/mol. The maximum atomic E-state index is 13.5. The van der Waals surface area contributed by atoms with E-state index >= 15 is 0 Å². The van der Waals surface area contributed by atoms with Crippen LogP contribution in [0.15, 0.2) is 80.4 Å². The molecule has 8 heteroatoms. The molecule has 1 aromatic heterocycles. The fourth-order valence-corrected chi connectivity index (χ4v) is 4.37. The second kappa shape index (κ2) is 7.42. The van der Waals surface area contributed by atoms with Gasteiger partial charge < -0.3 is 4.42 Å². The van der Waals surface area contributed by atoms with Crippen LogP contribution < -0.4 is 10.3 Å². The molecule has 32 heavy (non-hydrogen) atoms. The first-order valence-electron chi connectivity index (χ1n) is 9.76. The summed E-state index contributed by atoms with van der Waals surface area (Å²) in [7, 11) is 0. The van der Waals surface area contributed by atoms with E-state index in [0.717, 1.165) is 5.56 Å². The number of carbonyl (C=O) groups excluding carboxylic acids is 1. The van der Waals surface area contributed by atoms with Crippen molar-refractivity contribution in [3.8, 4) is 0 Å². The number of hydrogen-bond acceptors (Lipinski definition) is 5. The van der Waals surface area contributed by atoms with Crippen LogP contribution in [-0.4, -0.2) is 10.8 Å². The molecule has 4 aromatic rings. The summed E-state index contributed by atoms with van der Waals surface area (Å²) in [5, 5.41) is 11.5. The predicted octanol–water partition coefficient (Wildman–Crippen LogP) is 5.52. The number of carbonyl (C=O) groups is 1. The Morgan fingerprint density at radius 1 is 1.00 bits per heavy atom. The average Bonchev–Trinajstić information content (AvgIpc) is 3.07. The van der Waals surface area contributed by atoms with Gasteiger partial charge in [0.15, 0.2) is 5.43 Å². The Morgan fingerprint density at radius 3 is 2.34 bits per heavy atom. The lowest BCUT2D eigenvalue weighted by Crippen LogP contribution is -2.29. The summed E-state index contributed by atoms with van der Waals surface area (Å²) in [6.45, 7) is 1.94.